The molecule has 1 atom stereocenters. The topological polar surface area (TPSA) is 81.2 Å². The second-order valence-electron chi connectivity index (χ2n) is 9.02. The van der Waals surface area contributed by atoms with Gasteiger partial charge in [-0.25, -0.2) is 4.98 Å². The number of nitriles is 1. The van der Waals surface area contributed by atoms with Crippen LogP contribution in [0.2, 0.25) is 0 Å². The van der Waals surface area contributed by atoms with Crippen molar-refractivity contribution in [2.75, 3.05) is 13.2 Å². The Morgan fingerprint density at radius 2 is 1.53 bits per heavy atom. The summed E-state index contributed by atoms with van der Waals surface area (Å²) in [5.74, 6) is 2.28. The number of nitrogens with zero attached hydrogens (tertiary/aromatic N) is 2. The summed E-state index contributed by atoms with van der Waals surface area (Å²) in [7, 11) is 0. The highest BCUT2D eigenvalue weighted by atomic mass is 32.1. The number of benzene rings is 2. The Kier molecular flexibility index (Phi) is 9.93. The fraction of sp³-hybridized carbons (Fsp3) is 0.429. The Labute approximate surface area is 207 Å². The van der Waals surface area contributed by atoms with E-state index in [4.69, 9.17) is 25.5 Å². The van der Waals surface area contributed by atoms with Crippen LogP contribution in [0, 0.1) is 24.2 Å². The third-order valence-electron chi connectivity index (χ3n) is 5.46. The van der Waals surface area contributed by atoms with Crippen LogP contribution in [-0.4, -0.2) is 24.2 Å². The largest absolute Gasteiger partial charge is 0.494 e. The SMILES string of the molecule is Cc1nc(-c2ccc(OCCCCCOc3ccc(C#N)cc3)cc2)c(CC(N)CC(C)C)s1. The fourth-order valence-electron chi connectivity index (χ4n) is 3.86. The Morgan fingerprint density at radius 3 is 2.09 bits per heavy atom. The van der Waals surface area contributed by atoms with Crippen LogP contribution in [0.1, 0.15) is 55.0 Å². The van der Waals surface area contributed by atoms with Gasteiger partial charge in [0.2, 0.25) is 0 Å². The molecule has 0 amide bonds. The molecule has 0 spiro atoms. The molecule has 1 heterocycles. The minimum Gasteiger partial charge on any atom is -0.494 e. The van der Waals surface area contributed by atoms with Crippen LogP contribution in [-0.2, 0) is 6.42 Å². The molecule has 0 aliphatic carbocycles. The van der Waals surface area contributed by atoms with E-state index in [0.29, 0.717) is 24.7 Å². The number of hydrogen-bond acceptors (Lipinski definition) is 6. The van der Waals surface area contributed by atoms with E-state index in [-0.39, 0.29) is 6.04 Å². The molecule has 34 heavy (non-hydrogen) atoms. The summed E-state index contributed by atoms with van der Waals surface area (Å²) in [4.78, 5) is 6.04. The molecule has 0 bridgehead atoms. The summed E-state index contributed by atoms with van der Waals surface area (Å²) in [6.45, 7) is 7.82. The van der Waals surface area contributed by atoms with E-state index in [1.165, 1.54) is 4.88 Å². The van der Waals surface area contributed by atoms with Crippen molar-refractivity contribution in [3.8, 4) is 28.8 Å². The Hall–Kier alpha value is -2.88. The summed E-state index contributed by atoms with van der Waals surface area (Å²) < 4.78 is 11.6. The van der Waals surface area contributed by atoms with Crippen molar-refractivity contribution < 1.29 is 9.47 Å². The molecule has 6 heteroatoms. The van der Waals surface area contributed by atoms with E-state index in [0.717, 1.165) is 59.9 Å². The molecule has 0 fully saturated rings. The maximum atomic E-state index is 8.83. The first-order chi connectivity index (χ1) is 16.4. The highest BCUT2D eigenvalue weighted by molar-refractivity contribution is 7.12. The van der Waals surface area contributed by atoms with E-state index in [1.54, 1.807) is 23.5 Å². The molecular formula is C28H35N3O2S. The van der Waals surface area contributed by atoms with Crippen molar-refractivity contribution in [1.82, 2.24) is 4.98 Å². The van der Waals surface area contributed by atoms with Gasteiger partial charge in [-0.05, 0) is 93.5 Å². The zero-order valence-corrected chi connectivity index (χ0v) is 21.2. The number of ether oxygens (including phenoxy) is 2. The van der Waals surface area contributed by atoms with E-state index >= 15 is 0 Å². The summed E-state index contributed by atoms with van der Waals surface area (Å²) >= 11 is 1.75. The fourth-order valence-corrected chi connectivity index (χ4v) is 4.91. The predicted molar refractivity (Wildman–Crippen MR) is 139 cm³/mol. The normalized spacial score (nSPS) is 11.9. The van der Waals surface area contributed by atoms with Crippen molar-refractivity contribution in [1.29, 1.82) is 5.26 Å². The average molecular weight is 478 g/mol. The number of aromatic nitrogens is 1. The number of unbranched alkanes of at least 4 members (excludes halogenated alkanes) is 2. The van der Waals surface area contributed by atoms with E-state index in [9.17, 15) is 0 Å². The molecule has 0 aliphatic rings. The molecule has 5 nitrogen and oxygen atoms in total. The van der Waals surface area contributed by atoms with E-state index in [1.807, 2.05) is 24.3 Å². The van der Waals surface area contributed by atoms with E-state index < -0.39 is 0 Å². The van der Waals surface area contributed by atoms with Crippen LogP contribution in [0.4, 0.5) is 0 Å². The Morgan fingerprint density at radius 1 is 0.941 bits per heavy atom. The molecule has 3 rings (SSSR count). The number of hydrogen-bond donors (Lipinski definition) is 1. The molecule has 0 aliphatic heterocycles. The lowest BCUT2D eigenvalue weighted by Crippen LogP contribution is -2.24. The minimum absolute atomic E-state index is 0.163. The van der Waals surface area contributed by atoms with Gasteiger partial charge in [0.25, 0.3) is 0 Å². The van der Waals surface area contributed by atoms with Crippen LogP contribution in [0.15, 0.2) is 48.5 Å². The van der Waals surface area contributed by atoms with Crippen molar-refractivity contribution in [3.05, 3.63) is 64.0 Å². The molecule has 0 saturated carbocycles. The standard InChI is InChI=1S/C28H35N3O2S/c1-20(2)17-24(30)18-27-28(31-21(3)34-27)23-9-13-26(14-10-23)33-16-6-4-5-15-32-25-11-7-22(19-29)8-12-25/h7-14,20,24H,4-6,15-18,30H2,1-3H3. The lowest BCUT2D eigenvalue weighted by molar-refractivity contribution is 0.279. The highest BCUT2D eigenvalue weighted by Gasteiger charge is 2.15. The van der Waals surface area contributed by atoms with Gasteiger partial charge < -0.3 is 15.2 Å². The number of nitrogens with two attached hydrogens (primary N) is 1. The molecular weight excluding hydrogens is 442 g/mol. The highest BCUT2D eigenvalue weighted by Crippen LogP contribution is 2.31. The first-order valence-corrected chi connectivity index (χ1v) is 12.8. The maximum Gasteiger partial charge on any atom is 0.119 e. The van der Waals surface area contributed by atoms with Crippen LogP contribution in [0.25, 0.3) is 11.3 Å². The number of thiazole rings is 1. The number of rotatable bonds is 13. The van der Waals surface area contributed by atoms with E-state index in [2.05, 4.69) is 39.0 Å². The molecule has 180 valence electrons. The van der Waals surface area contributed by atoms with Gasteiger partial charge in [0, 0.05) is 16.5 Å². The quantitative estimate of drug-likeness (QED) is 0.283. The number of aryl methyl sites for hydroxylation is 1. The van der Waals surface area contributed by atoms with Gasteiger partial charge in [-0.3, -0.25) is 0 Å². The molecule has 2 aromatic carbocycles. The van der Waals surface area contributed by atoms with Crippen LogP contribution >= 0.6 is 11.3 Å². The Bertz CT molecular complexity index is 1050. The van der Waals surface area contributed by atoms with Gasteiger partial charge in [0.05, 0.1) is 35.5 Å². The summed E-state index contributed by atoms with van der Waals surface area (Å²) in [5, 5.41) is 9.90. The Balaban J connectivity index is 1.40. The monoisotopic (exact) mass is 477 g/mol. The second kappa shape index (κ2) is 13.1. The van der Waals surface area contributed by atoms with Crippen molar-refractivity contribution in [2.45, 2.75) is 58.9 Å². The molecule has 3 aromatic rings. The first kappa shape index (κ1) is 25.7. The summed E-state index contributed by atoms with van der Waals surface area (Å²) in [5.41, 5.74) is 9.18. The van der Waals surface area contributed by atoms with Crippen LogP contribution in [0.3, 0.4) is 0 Å². The molecule has 0 saturated heterocycles. The third-order valence-corrected chi connectivity index (χ3v) is 6.46. The van der Waals surface area contributed by atoms with Crippen molar-refractivity contribution in [2.24, 2.45) is 11.7 Å². The molecule has 0 radical (unpaired) electrons. The summed E-state index contributed by atoms with van der Waals surface area (Å²) in [6, 6.07) is 17.7. The first-order valence-electron chi connectivity index (χ1n) is 12.0. The average Bonchev–Trinajstić information content (AvgIpc) is 3.18. The molecule has 2 N–H and O–H groups in total. The lowest BCUT2D eigenvalue weighted by atomic mass is 10.00. The van der Waals surface area contributed by atoms with Crippen molar-refractivity contribution >= 4 is 11.3 Å². The van der Waals surface area contributed by atoms with Gasteiger partial charge >= 0.3 is 0 Å². The second-order valence-corrected chi connectivity index (χ2v) is 10.3. The van der Waals surface area contributed by atoms with Gasteiger partial charge in [0.15, 0.2) is 0 Å². The smallest absolute Gasteiger partial charge is 0.119 e. The van der Waals surface area contributed by atoms with Crippen LogP contribution in [0.5, 0.6) is 11.5 Å². The summed E-state index contributed by atoms with van der Waals surface area (Å²) in [6.07, 6.45) is 4.86. The maximum absolute atomic E-state index is 8.83. The third kappa shape index (κ3) is 8.16. The van der Waals surface area contributed by atoms with Gasteiger partial charge in [-0.2, -0.15) is 5.26 Å². The molecule has 1 unspecified atom stereocenters. The zero-order valence-electron chi connectivity index (χ0n) is 20.4. The van der Waals surface area contributed by atoms with Gasteiger partial charge in [-0.1, -0.05) is 13.8 Å². The lowest BCUT2D eigenvalue weighted by Gasteiger charge is -2.14. The van der Waals surface area contributed by atoms with Gasteiger partial charge in [0.1, 0.15) is 11.5 Å². The minimum atomic E-state index is 0.163. The molecule has 1 aromatic heterocycles. The predicted octanol–water partition coefficient (Wildman–Crippen LogP) is 6.53. The van der Waals surface area contributed by atoms with Crippen LogP contribution < -0.4 is 15.2 Å². The van der Waals surface area contributed by atoms with Crippen molar-refractivity contribution in [3.63, 3.8) is 0 Å². The zero-order chi connectivity index (χ0) is 24.3. The van der Waals surface area contributed by atoms with Gasteiger partial charge in [-0.15, -0.1) is 11.3 Å².